The van der Waals surface area contributed by atoms with Crippen molar-refractivity contribution in [2.45, 2.75) is 25.8 Å². The number of carbonyl (C=O) groups excluding carboxylic acids is 1. The fourth-order valence-corrected chi connectivity index (χ4v) is 2.16. The number of carbonyl (C=O) groups is 1. The van der Waals surface area contributed by atoms with Crippen molar-refractivity contribution in [2.75, 3.05) is 12.8 Å². The molecule has 0 aromatic heterocycles. The largest absolute Gasteiger partial charge is 0.497 e. The lowest BCUT2D eigenvalue weighted by atomic mass is 9.82. The Balaban J connectivity index is 2.03. The topological polar surface area (TPSA) is 64.3 Å². The van der Waals surface area contributed by atoms with Gasteiger partial charge in [0, 0.05) is 17.8 Å². The van der Waals surface area contributed by atoms with E-state index in [2.05, 4.69) is 12.2 Å². The van der Waals surface area contributed by atoms with Crippen LogP contribution in [-0.4, -0.2) is 19.1 Å². The Kier molecular flexibility index (Phi) is 3.22. The smallest absolute Gasteiger partial charge is 0.253 e. The van der Waals surface area contributed by atoms with Crippen LogP contribution in [0.15, 0.2) is 18.2 Å². The molecule has 1 aliphatic rings. The van der Waals surface area contributed by atoms with Crippen molar-refractivity contribution in [3.63, 3.8) is 0 Å². The highest BCUT2D eigenvalue weighted by atomic mass is 16.5. The van der Waals surface area contributed by atoms with Crippen molar-refractivity contribution < 1.29 is 9.53 Å². The van der Waals surface area contributed by atoms with Gasteiger partial charge in [0.05, 0.1) is 12.7 Å². The third-order valence-electron chi connectivity index (χ3n) is 3.21. The van der Waals surface area contributed by atoms with E-state index in [0.29, 0.717) is 29.0 Å². The number of nitrogen functional groups attached to an aromatic ring is 1. The van der Waals surface area contributed by atoms with Gasteiger partial charge in [-0.25, -0.2) is 0 Å². The molecule has 0 spiro atoms. The maximum atomic E-state index is 11.9. The van der Waals surface area contributed by atoms with Gasteiger partial charge in [-0.05, 0) is 30.9 Å². The molecule has 1 fully saturated rings. The molecule has 0 atom stereocenters. The van der Waals surface area contributed by atoms with Crippen LogP contribution >= 0.6 is 0 Å². The molecule has 4 nitrogen and oxygen atoms in total. The maximum absolute atomic E-state index is 11.9. The Morgan fingerprint density at radius 1 is 1.47 bits per heavy atom. The highest BCUT2D eigenvalue weighted by Gasteiger charge is 2.27. The van der Waals surface area contributed by atoms with Gasteiger partial charge < -0.3 is 15.8 Å². The van der Waals surface area contributed by atoms with E-state index in [9.17, 15) is 4.79 Å². The Morgan fingerprint density at radius 2 is 2.18 bits per heavy atom. The van der Waals surface area contributed by atoms with E-state index in [0.717, 1.165) is 12.8 Å². The molecule has 2 rings (SSSR count). The summed E-state index contributed by atoms with van der Waals surface area (Å²) in [4.78, 5) is 11.9. The molecule has 3 N–H and O–H groups in total. The molecule has 1 aromatic rings. The van der Waals surface area contributed by atoms with Gasteiger partial charge in [0.1, 0.15) is 5.75 Å². The second-order valence-electron chi connectivity index (χ2n) is 4.70. The minimum atomic E-state index is -0.0953. The van der Waals surface area contributed by atoms with Gasteiger partial charge in [-0.15, -0.1) is 0 Å². The lowest BCUT2D eigenvalue weighted by molar-refractivity contribution is 0.0897. The summed E-state index contributed by atoms with van der Waals surface area (Å²) in [7, 11) is 1.57. The van der Waals surface area contributed by atoms with Gasteiger partial charge in [-0.3, -0.25) is 4.79 Å². The van der Waals surface area contributed by atoms with Crippen molar-refractivity contribution in [3.05, 3.63) is 23.8 Å². The first kappa shape index (κ1) is 11.8. The third kappa shape index (κ3) is 2.52. The lowest BCUT2D eigenvalue weighted by Crippen LogP contribution is -2.43. The molecule has 1 amide bonds. The molecule has 0 saturated heterocycles. The Morgan fingerprint density at radius 3 is 2.71 bits per heavy atom. The van der Waals surface area contributed by atoms with Crippen molar-refractivity contribution in [1.82, 2.24) is 5.32 Å². The van der Waals surface area contributed by atoms with Crippen LogP contribution < -0.4 is 15.8 Å². The standard InChI is InChI=1S/C13H18N2O2/c1-8-5-9(6-8)15-13(16)11-4-3-10(17-2)7-12(11)14/h3-4,7-9H,5-6,14H2,1-2H3,(H,15,16). The van der Waals surface area contributed by atoms with E-state index in [4.69, 9.17) is 10.5 Å². The Hall–Kier alpha value is -1.71. The molecule has 0 unspecified atom stereocenters. The van der Waals surface area contributed by atoms with Crippen LogP contribution in [0.5, 0.6) is 5.75 Å². The van der Waals surface area contributed by atoms with Gasteiger partial charge in [-0.1, -0.05) is 6.92 Å². The minimum absolute atomic E-state index is 0.0953. The highest BCUT2D eigenvalue weighted by molar-refractivity contribution is 5.99. The van der Waals surface area contributed by atoms with E-state index < -0.39 is 0 Å². The summed E-state index contributed by atoms with van der Waals surface area (Å²) in [5.74, 6) is 1.28. The molecule has 17 heavy (non-hydrogen) atoms. The van der Waals surface area contributed by atoms with Crippen LogP contribution in [0.2, 0.25) is 0 Å². The van der Waals surface area contributed by atoms with Crippen molar-refractivity contribution >= 4 is 11.6 Å². The number of rotatable bonds is 3. The first-order chi connectivity index (χ1) is 8.10. The van der Waals surface area contributed by atoms with Crippen LogP contribution in [0.3, 0.4) is 0 Å². The zero-order valence-electron chi connectivity index (χ0n) is 10.2. The summed E-state index contributed by atoms with van der Waals surface area (Å²) in [6.07, 6.45) is 2.11. The fourth-order valence-electron chi connectivity index (χ4n) is 2.16. The molecule has 1 saturated carbocycles. The van der Waals surface area contributed by atoms with Gasteiger partial charge in [0.2, 0.25) is 0 Å². The second kappa shape index (κ2) is 4.65. The number of hydrogen-bond acceptors (Lipinski definition) is 3. The summed E-state index contributed by atoms with van der Waals surface area (Å²) in [5, 5.41) is 2.98. The summed E-state index contributed by atoms with van der Waals surface area (Å²) >= 11 is 0. The summed E-state index contributed by atoms with van der Waals surface area (Å²) in [6, 6.07) is 5.41. The minimum Gasteiger partial charge on any atom is -0.497 e. The number of hydrogen-bond donors (Lipinski definition) is 2. The second-order valence-corrected chi connectivity index (χ2v) is 4.70. The zero-order chi connectivity index (χ0) is 12.4. The lowest BCUT2D eigenvalue weighted by Gasteiger charge is -2.33. The average molecular weight is 234 g/mol. The molecule has 0 bridgehead atoms. The van der Waals surface area contributed by atoms with E-state index in [1.165, 1.54) is 0 Å². The third-order valence-corrected chi connectivity index (χ3v) is 3.21. The summed E-state index contributed by atoms with van der Waals surface area (Å²) in [6.45, 7) is 2.18. The van der Waals surface area contributed by atoms with E-state index in [-0.39, 0.29) is 5.91 Å². The Bertz CT molecular complexity index is 425. The molecule has 1 aromatic carbocycles. The number of benzene rings is 1. The predicted molar refractivity (Wildman–Crippen MR) is 67.1 cm³/mol. The van der Waals surface area contributed by atoms with Crippen molar-refractivity contribution in [3.8, 4) is 5.75 Å². The van der Waals surface area contributed by atoms with Crippen LogP contribution in [-0.2, 0) is 0 Å². The fraction of sp³-hybridized carbons (Fsp3) is 0.462. The number of anilines is 1. The highest BCUT2D eigenvalue weighted by Crippen LogP contribution is 2.27. The predicted octanol–water partition coefficient (Wildman–Crippen LogP) is 1.81. The van der Waals surface area contributed by atoms with Gasteiger partial charge in [0.25, 0.3) is 5.91 Å². The van der Waals surface area contributed by atoms with Crippen molar-refractivity contribution in [1.29, 1.82) is 0 Å². The number of methoxy groups -OCH3 is 1. The Labute approximate surface area is 101 Å². The van der Waals surface area contributed by atoms with Crippen LogP contribution in [0.4, 0.5) is 5.69 Å². The molecule has 0 radical (unpaired) electrons. The molecular weight excluding hydrogens is 216 g/mol. The van der Waals surface area contributed by atoms with E-state index in [1.54, 1.807) is 25.3 Å². The van der Waals surface area contributed by atoms with E-state index in [1.807, 2.05) is 0 Å². The van der Waals surface area contributed by atoms with Gasteiger partial charge in [-0.2, -0.15) is 0 Å². The molecule has 0 heterocycles. The normalized spacial score (nSPS) is 22.7. The van der Waals surface area contributed by atoms with E-state index >= 15 is 0 Å². The monoisotopic (exact) mass is 234 g/mol. The number of nitrogens with one attached hydrogen (secondary N) is 1. The zero-order valence-corrected chi connectivity index (χ0v) is 10.2. The molecule has 1 aliphatic carbocycles. The first-order valence-corrected chi connectivity index (χ1v) is 5.84. The van der Waals surface area contributed by atoms with Gasteiger partial charge >= 0.3 is 0 Å². The van der Waals surface area contributed by atoms with Gasteiger partial charge in [0.15, 0.2) is 0 Å². The molecule has 4 heteroatoms. The number of nitrogens with two attached hydrogens (primary N) is 1. The average Bonchev–Trinajstić information content (AvgIpc) is 2.26. The van der Waals surface area contributed by atoms with Crippen LogP contribution in [0, 0.1) is 5.92 Å². The first-order valence-electron chi connectivity index (χ1n) is 5.84. The molecule has 92 valence electrons. The quantitative estimate of drug-likeness (QED) is 0.784. The number of ether oxygens (including phenoxy) is 1. The number of amides is 1. The SMILES string of the molecule is COc1ccc(C(=O)NC2CC(C)C2)c(N)c1. The molecule has 0 aliphatic heterocycles. The van der Waals surface area contributed by atoms with Crippen LogP contribution in [0.1, 0.15) is 30.1 Å². The summed E-state index contributed by atoms with van der Waals surface area (Å²) < 4.78 is 5.05. The van der Waals surface area contributed by atoms with Crippen molar-refractivity contribution in [2.24, 2.45) is 5.92 Å². The van der Waals surface area contributed by atoms with Crippen LogP contribution in [0.25, 0.3) is 0 Å². The molecular formula is C13H18N2O2. The summed E-state index contributed by atoms with van der Waals surface area (Å²) in [5.41, 5.74) is 6.79. The maximum Gasteiger partial charge on any atom is 0.253 e.